The van der Waals surface area contributed by atoms with Crippen molar-refractivity contribution in [3.05, 3.63) is 83.4 Å². The van der Waals surface area contributed by atoms with Gasteiger partial charge in [-0.15, -0.1) is 0 Å². The maximum atomic E-state index is 13.1. The third-order valence-electron chi connectivity index (χ3n) is 6.33. The van der Waals surface area contributed by atoms with E-state index in [1.165, 1.54) is 7.11 Å². The Morgan fingerprint density at radius 2 is 1.40 bits per heavy atom. The number of urea groups is 1. The first-order valence-corrected chi connectivity index (χ1v) is 12.0. The number of methoxy groups -OCH3 is 1. The highest BCUT2D eigenvalue weighted by molar-refractivity contribution is 6.30. The van der Waals surface area contributed by atoms with E-state index in [1.807, 2.05) is 48.5 Å². The average Bonchev–Trinajstić information content (AvgIpc) is 2.88. The molecular weight excluding hydrogens is 464 g/mol. The molecule has 6 nitrogen and oxygen atoms in total. The van der Waals surface area contributed by atoms with Gasteiger partial charge in [-0.3, -0.25) is 9.59 Å². The van der Waals surface area contributed by atoms with Gasteiger partial charge >= 0.3 is 12.0 Å². The van der Waals surface area contributed by atoms with Gasteiger partial charge in [-0.1, -0.05) is 66.9 Å². The molecule has 0 unspecified atom stereocenters. The molecule has 180 valence electrons. The lowest BCUT2D eigenvalue weighted by molar-refractivity contribution is -0.147. The maximum absolute atomic E-state index is 13.1. The van der Waals surface area contributed by atoms with Gasteiger partial charge in [-0.05, 0) is 54.3 Å². The molecule has 0 saturated heterocycles. The smallest absolute Gasteiger partial charge is 0.323 e. The quantitative estimate of drug-likeness (QED) is 0.293. The van der Waals surface area contributed by atoms with Crippen LogP contribution < -0.4 is 10.6 Å². The number of carbonyl (C=O) groups is 3. The summed E-state index contributed by atoms with van der Waals surface area (Å²) in [5.41, 5.74) is 3.75. The molecule has 0 heterocycles. The van der Waals surface area contributed by atoms with Crippen molar-refractivity contribution >= 4 is 40.8 Å². The SMILES string of the molecule is COC(=O)[C@@H]1CCCC[C@H]1C(=O)c1ccc(-c2ccc(NC(=O)Nc3cccc(Cl)c3)cc2)cc1. The first kappa shape index (κ1) is 24.5. The van der Waals surface area contributed by atoms with Crippen LogP contribution in [0.1, 0.15) is 36.0 Å². The van der Waals surface area contributed by atoms with Crippen molar-refractivity contribution in [3.8, 4) is 11.1 Å². The number of halogens is 1. The van der Waals surface area contributed by atoms with Crippen molar-refractivity contribution in [1.82, 2.24) is 0 Å². The minimum atomic E-state index is -0.365. The summed E-state index contributed by atoms with van der Waals surface area (Å²) in [6.07, 6.45) is 3.29. The van der Waals surface area contributed by atoms with Gasteiger partial charge in [0, 0.05) is 27.9 Å². The van der Waals surface area contributed by atoms with Crippen LogP contribution in [0, 0.1) is 11.8 Å². The Morgan fingerprint density at radius 3 is 2.03 bits per heavy atom. The number of hydrogen-bond donors (Lipinski definition) is 2. The second-order valence-electron chi connectivity index (χ2n) is 8.63. The maximum Gasteiger partial charge on any atom is 0.323 e. The van der Waals surface area contributed by atoms with E-state index in [1.54, 1.807) is 24.3 Å². The Hall–Kier alpha value is -3.64. The molecule has 1 aliphatic carbocycles. The summed E-state index contributed by atoms with van der Waals surface area (Å²) >= 11 is 5.95. The number of anilines is 2. The zero-order chi connectivity index (χ0) is 24.8. The van der Waals surface area contributed by atoms with Gasteiger partial charge in [0.15, 0.2) is 5.78 Å². The lowest BCUT2D eigenvalue weighted by atomic mass is 9.75. The van der Waals surface area contributed by atoms with Crippen LogP contribution in [-0.2, 0) is 9.53 Å². The lowest BCUT2D eigenvalue weighted by Gasteiger charge is -2.28. The summed E-state index contributed by atoms with van der Waals surface area (Å²) in [7, 11) is 1.37. The fourth-order valence-corrected chi connectivity index (χ4v) is 4.72. The number of nitrogens with one attached hydrogen (secondary N) is 2. The number of Topliss-reactive ketones (excluding diaryl/α,β-unsaturated/α-hetero) is 1. The molecule has 0 aromatic heterocycles. The van der Waals surface area contributed by atoms with E-state index in [4.69, 9.17) is 16.3 Å². The number of carbonyl (C=O) groups excluding carboxylic acids is 3. The Balaban J connectivity index is 1.39. The van der Waals surface area contributed by atoms with Crippen LogP contribution in [0.3, 0.4) is 0 Å². The summed E-state index contributed by atoms with van der Waals surface area (Å²) in [6, 6.07) is 21.4. The van der Waals surface area contributed by atoms with E-state index in [-0.39, 0.29) is 29.6 Å². The van der Waals surface area contributed by atoms with Crippen LogP contribution in [0.4, 0.5) is 16.2 Å². The van der Waals surface area contributed by atoms with Gasteiger partial charge in [0.1, 0.15) is 0 Å². The van der Waals surface area contributed by atoms with Crippen molar-refractivity contribution in [2.45, 2.75) is 25.7 Å². The lowest BCUT2D eigenvalue weighted by Crippen LogP contribution is -2.33. The summed E-state index contributed by atoms with van der Waals surface area (Å²) in [6.45, 7) is 0. The number of hydrogen-bond acceptors (Lipinski definition) is 4. The molecule has 2 amide bonds. The number of amides is 2. The van der Waals surface area contributed by atoms with Crippen LogP contribution in [-0.4, -0.2) is 24.9 Å². The number of ether oxygens (including phenoxy) is 1. The van der Waals surface area contributed by atoms with Crippen molar-refractivity contribution in [2.24, 2.45) is 11.8 Å². The number of rotatable bonds is 6. The van der Waals surface area contributed by atoms with E-state index in [9.17, 15) is 14.4 Å². The van der Waals surface area contributed by atoms with Crippen molar-refractivity contribution in [1.29, 1.82) is 0 Å². The van der Waals surface area contributed by atoms with Gasteiger partial charge in [0.25, 0.3) is 0 Å². The number of benzene rings is 3. The molecule has 3 aromatic rings. The molecule has 1 aliphatic rings. The van der Waals surface area contributed by atoms with E-state index in [0.717, 1.165) is 24.0 Å². The van der Waals surface area contributed by atoms with E-state index in [2.05, 4.69) is 10.6 Å². The topological polar surface area (TPSA) is 84.5 Å². The van der Waals surface area contributed by atoms with Gasteiger partial charge in [-0.2, -0.15) is 0 Å². The van der Waals surface area contributed by atoms with Crippen LogP contribution in [0.5, 0.6) is 0 Å². The second kappa shape index (κ2) is 11.2. The molecule has 1 saturated carbocycles. The molecular formula is C28H27ClN2O4. The molecule has 1 fully saturated rings. The van der Waals surface area contributed by atoms with Crippen LogP contribution in [0.25, 0.3) is 11.1 Å². The molecule has 0 aliphatic heterocycles. The molecule has 2 N–H and O–H groups in total. The van der Waals surface area contributed by atoms with Crippen LogP contribution in [0.2, 0.25) is 5.02 Å². The molecule has 0 radical (unpaired) electrons. The standard InChI is InChI=1S/C28H27ClN2O4/c1-35-27(33)25-8-3-2-7-24(25)26(32)20-11-9-18(10-12-20)19-13-15-22(16-14-19)30-28(34)31-23-6-4-5-21(29)17-23/h4-6,9-17,24-25H,2-3,7-8H2,1H3,(H2,30,31,34)/t24-,25-/m1/s1. The molecule has 7 heteroatoms. The number of ketones is 1. The van der Waals surface area contributed by atoms with Gasteiger partial charge in [-0.25, -0.2) is 4.79 Å². The zero-order valence-corrected chi connectivity index (χ0v) is 20.2. The highest BCUT2D eigenvalue weighted by Crippen LogP contribution is 2.34. The number of esters is 1. The molecule has 35 heavy (non-hydrogen) atoms. The normalized spacial score (nSPS) is 17.3. The van der Waals surface area contributed by atoms with Crippen LogP contribution in [0.15, 0.2) is 72.8 Å². The van der Waals surface area contributed by atoms with E-state index < -0.39 is 0 Å². The monoisotopic (exact) mass is 490 g/mol. The average molecular weight is 491 g/mol. The molecule has 0 spiro atoms. The summed E-state index contributed by atoms with van der Waals surface area (Å²) < 4.78 is 4.92. The van der Waals surface area contributed by atoms with Gasteiger partial charge in [0.05, 0.1) is 13.0 Å². The molecule has 0 bridgehead atoms. The third-order valence-corrected chi connectivity index (χ3v) is 6.57. The molecule has 4 rings (SSSR count). The summed E-state index contributed by atoms with van der Waals surface area (Å²) in [5, 5.41) is 6.07. The Kier molecular flexibility index (Phi) is 7.83. The fraction of sp³-hybridized carbons (Fsp3) is 0.250. The third kappa shape index (κ3) is 6.08. The predicted octanol–water partition coefficient (Wildman–Crippen LogP) is 6.81. The largest absolute Gasteiger partial charge is 0.469 e. The minimum absolute atomic E-state index is 0.00286. The Labute approximate surface area is 209 Å². The minimum Gasteiger partial charge on any atom is -0.469 e. The van der Waals surface area contributed by atoms with E-state index >= 15 is 0 Å². The zero-order valence-electron chi connectivity index (χ0n) is 19.4. The highest BCUT2D eigenvalue weighted by atomic mass is 35.5. The highest BCUT2D eigenvalue weighted by Gasteiger charge is 2.36. The second-order valence-corrected chi connectivity index (χ2v) is 9.07. The van der Waals surface area contributed by atoms with Crippen molar-refractivity contribution < 1.29 is 19.1 Å². The Morgan fingerprint density at radius 1 is 0.800 bits per heavy atom. The summed E-state index contributed by atoms with van der Waals surface area (Å²) in [5.74, 6) is -0.992. The van der Waals surface area contributed by atoms with Crippen LogP contribution >= 0.6 is 11.6 Å². The first-order valence-electron chi connectivity index (χ1n) is 11.6. The molecule has 3 aromatic carbocycles. The first-order chi connectivity index (χ1) is 16.9. The summed E-state index contributed by atoms with van der Waals surface area (Å²) in [4.78, 5) is 37.5. The fourth-order valence-electron chi connectivity index (χ4n) is 4.52. The van der Waals surface area contributed by atoms with Gasteiger partial charge in [0.2, 0.25) is 0 Å². The van der Waals surface area contributed by atoms with Crippen molar-refractivity contribution in [3.63, 3.8) is 0 Å². The van der Waals surface area contributed by atoms with Crippen molar-refractivity contribution in [2.75, 3.05) is 17.7 Å². The molecule has 2 atom stereocenters. The van der Waals surface area contributed by atoms with Gasteiger partial charge < -0.3 is 15.4 Å². The predicted molar refractivity (Wildman–Crippen MR) is 138 cm³/mol. The van der Waals surface area contributed by atoms with E-state index in [0.29, 0.717) is 34.8 Å². The Bertz CT molecular complexity index is 1210.